The van der Waals surface area contributed by atoms with E-state index in [4.69, 9.17) is 9.05 Å². The zero-order chi connectivity index (χ0) is 15.3. The minimum Gasteiger partial charge on any atom is -0.308 e. The van der Waals surface area contributed by atoms with Crippen molar-refractivity contribution in [2.24, 2.45) is 0 Å². The topological polar surface area (TPSA) is 95.7 Å². The van der Waals surface area contributed by atoms with E-state index in [9.17, 15) is 19.5 Å². The third-order valence-electron chi connectivity index (χ3n) is 2.76. The maximum Gasteiger partial charge on any atom is 0.338 e. The lowest BCUT2D eigenvalue weighted by atomic mass is 10.2. The van der Waals surface area contributed by atoms with E-state index in [0.29, 0.717) is 25.2 Å². The number of carbonyl (C=O) groups is 1. The van der Waals surface area contributed by atoms with Crippen molar-refractivity contribution in [2.75, 3.05) is 19.4 Å². The predicted molar refractivity (Wildman–Crippen MR) is 76.1 cm³/mol. The number of non-ortho nitro benzene ring substituents is 1. The molecule has 0 spiro atoms. The van der Waals surface area contributed by atoms with Gasteiger partial charge in [0.15, 0.2) is 5.78 Å². The molecule has 1 saturated heterocycles. The van der Waals surface area contributed by atoms with Gasteiger partial charge in [0.2, 0.25) is 0 Å². The Bertz CT molecular complexity index is 617. The second kappa shape index (κ2) is 6.76. The minimum absolute atomic E-state index is 0.0589. The van der Waals surface area contributed by atoms with E-state index in [2.05, 4.69) is 0 Å². The van der Waals surface area contributed by atoms with Gasteiger partial charge >= 0.3 is 7.60 Å². The van der Waals surface area contributed by atoms with Crippen LogP contribution in [0.1, 0.15) is 12.0 Å². The second-order valence-corrected chi connectivity index (χ2v) is 6.50. The molecule has 1 heterocycles. The first-order valence-corrected chi connectivity index (χ1v) is 8.05. The molecule has 2 rings (SSSR count). The number of rotatable bonds is 5. The summed E-state index contributed by atoms with van der Waals surface area (Å²) in [6, 6.07) is 5.87. The lowest BCUT2D eigenvalue weighted by molar-refractivity contribution is -0.384. The van der Waals surface area contributed by atoms with Gasteiger partial charge < -0.3 is 9.05 Å². The van der Waals surface area contributed by atoms with Crippen LogP contribution in [0, 0.1) is 10.1 Å². The maximum atomic E-state index is 12.0. The number of nitro groups is 1. The Hall–Kier alpha value is -1.82. The maximum absolute atomic E-state index is 12.0. The van der Waals surface area contributed by atoms with Crippen LogP contribution in [0.5, 0.6) is 0 Å². The highest BCUT2D eigenvalue weighted by atomic mass is 31.2. The normalized spacial score (nSPS) is 17.7. The summed E-state index contributed by atoms with van der Waals surface area (Å²) in [5, 5.41) is 10.6. The number of hydrogen-bond donors (Lipinski definition) is 0. The second-order valence-electron chi connectivity index (χ2n) is 4.44. The van der Waals surface area contributed by atoms with Gasteiger partial charge in [0, 0.05) is 12.1 Å². The molecule has 0 bridgehead atoms. The van der Waals surface area contributed by atoms with Gasteiger partial charge in [0.1, 0.15) is 6.16 Å². The molecule has 0 aliphatic carbocycles. The molecule has 7 nitrogen and oxygen atoms in total. The Labute approximate surface area is 121 Å². The largest absolute Gasteiger partial charge is 0.338 e. The van der Waals surface area contributed by atoms with Crippen LogP contribution in [0.3, 0.4) is 0 Å². The van der Waals surface area contributed by atoms with Crippen molar-refractivity contribution < 1.29 is 23.3 Å². The standard InChI is InChI=1S/C13H14NO6P/c15-13(10-21(18)19-7-2-8-20-21)6-5-11-3-1-4-12(9-11)14(16)17/h1,3-6,9H,2,7-8,10H2. The molecule has 0 saturated carbocycles. The zero-order valence-electron chi connectivity index (χ0n) is 11.1. The van der Waals surface area contributed by atoms with Crippen molar-refractivity contribution in [3.05, 3.63) is 46.0 Å². The van der Waals surface area contributed by atoms with Gasteiger partial charge in [-0.3, -0.25) is 19.5 Å². The summed E-state index contributed by atoms with van der Waals surface area (Å²) in [5.74, 6) is -0.410. The van der Waals surface area contributed by atoms with Crippen LogP contribution in [0.15, 0.2) is 30.3 Å². The molecule has 0 unspecified atom stereocenters. The molecule has 0 aromatic heterocycles. The molecule has 1 fully saturated rings. The van der Waals surface area contributed by atoms with E-state index in [1.165, 1.54) is 30.4 Å². The Balaban J connectivity index is 2.00. The molecule has 0 atom stereocenters. The third kappa shape index (κ3) is 4.60. The number of benzene rings is 1. The molecule has 0 radical (unpaired) electrons. The molecule has 0 amide bonds. The summed E-state index contributed by atoms with van der Waals surface area (Å²) in [6.07, 6.45) is 2.99. The lowest BCUT2D eigenvalue weighted by Gasteiger charge is -2.21. The van der Waals surface area contributed by atoms with Crippen LogP contribution in [-0.2, 0) is 18.4 Å². The molecule has 8 heteroatoms. The average Bonchev–Trinajstić information content (AvgIpc) is 2.46. The quantitative estimate of drug-likeness (QED) is 0.359. The summed E-state index contributed by atoms with van der Waals surface area (Å²) < 4.78 is 22.1. The number of allylic oxidation sites excluding steroid dienone is 1. The van der Waals surface area contributed by atoms with Crippen molar-refractivity contribution in [1.82, 2.24) is 0 Å². The van der Waals surface area contributed by atoms with Crippen LogP contribution in [0.25, 0.3) is 6.08 Å². The smallest absolute Gasteiger partial charge is 0.308 e. The van der Waals surface area contributed by atoms with Crippen LogP contribution in [0.2, 0.25) is 0 Å². The van der Waals surface area contributed by atoms with Crippen LogP contribution >= 0.6 is 7.60 Å². The first-order valence-electron chi connectivity index (χ1n) is 6.32. The number of nitro benzene ring substituents is 1. The van der Waals surface area contributed by atoms with E-state index in [0.717, 1.165) is 0 Å². The van der Waals surface area contributed by atoms with Gasteiger partial charge in [-0.1, -0.05) is 18.2 Å². The summed E-state index contributed by atoms with van der Waals surface area (Å²) in [6.45, 7) is 0.637. The van der Waals surface area contributed by atoms with Crippen LogP contribution in [0.4, 0.5) is 5.69 Å². The Morgan fingerprint density at radius 3 is 2.76 bits per heavy atom. The fourth-order valence-electron chi connectivity index (χ4n) is 1.77. The molecule has 1 aliphatic rings. The van der Waals surface area contributed by atoms with E-state index < -0.39 is 18.3 Å². The molecule has 1 aromatic carbocycles. The van der Waals surface area contributed by atoms with Crippen molar-refractivity contribution in [3.8, 4) is 0 Å². The highest BCUT2D eigenvalue weighted by Crippen LogP contribution is 2.50. The molecule has 1 aromatic rings. The minimum atomic E-state index is -3.33. The molecule has 112 valence electrons. The van der Waals surface area contributed by atoms with E-state index in [1.54, 1.807) is 6.07 Å². The van der Waals surface area contributed by atoms with Crippen molar-refractivity contribution in [3.63, 3.8) is 0 Å². The summed E-state index contributed by atoms with van der Waals surface area (Å²) in [7, 11) is -3.33. The number of hydrogen-bond acceptors (Lipinski definition) is 6. The first-order chi connectivity index (χ1) is 9.98. The van der Waals surface area contributed by atoms with E-state index in [-0.39, 0.29) is 11.8 Å². The summed E-state index contributed by atoms with van der Waals surface area (Å²) in [4.78, 5) is 21.9. The zero-order valence-corrected chi connectivity index (χ0v) is 12.0. The average molecular weight is 311 g/mol. The van der Waals surface area contributed by atoms with Gasteiger partial charge in [-0.2, -0.15) is 0 Å². The molecular weight excluding hydrogens is 297 g/mol. The Kier molecular flexibility index (Phi) is 5.01. The van der Waals surface area contributed by atoms with Crippen LogP contribution in [-0.4, -0.2) is 30.1 Å². The third-order valence-corrected chi connectivity index (χ3v) is 4.61. The summed E-state index contributed by atoms with van der Waals surface area (Å²) >= 11 is 0. The van der Waals surface area contributed by atoms with Crippen molar-refractivity contribution in [2.45, 2.75) is 6.42 Å². The Morgan fingerprint density at radius 1 is 1.38 bits per heavy atom. The van der Waals surface area contributed by atoms with E-state index in [1.807, 2.05) is 0 Å². The molecule has 0 N–H and O–H groups in total. The van der Waals surface area contributed by atoms with Crippen LogP contribution < -0.4 is 0 Å². The fourth-order valence-corrected chi connectivity index (χ4v) is 3.33. The highest BCUT2D eigenvalue weighted by Gasteiger charge is 2.29. The van der Waals surface area contributed by atoms with Gasteiger partial charge in [-0.15, -0.1) is 0 Å². The molecular formula is C13H14NO6P. The van der Waals surface area contributed by atoms with Crippen molar-refractivity contribution >= 4 is 25.1 Å². The summed E-state index contributed by atoms with van der Waals surface area (Å²) in [5.41, 5.74) is 0.456. The molecule has 1 aliphatic heterocycles. The van der Waals surface area contributed by atoms with E-state index >= 15 is 0 Å². The number of carbonyl (C=O) groups excluding carboxylic acids is 1. The monoisotopic (exact) mass is 311 g/mol. The number of ketones is 1. The highest BCUT2D eigenvalue weighted by molar-refractivity contribution is 7.55. The number of nitrogens with zero attached hydrogens (tertiary/aromatic N) is 1. The first kappa shape index (κ1) is 15.6. The van der Waals surface area contributed by atoms with Gasteiger partial charge in [0.05, 0.1) is 18.1 Å². The SMILES string of the molecule is O=C(C=Cc1cccc([N+](=O)[O-])c1)CP1(=O)OCCCO1. The Morgan fingerprint density at radius 2 is 2.10 bits per heavy atom. The molecule has 21 heavy (non-hydrogen) atoms. The fraction of sp³-hybridized carbons (Fsp3) is 0.308. The predicted octanol–water partition coefficient (Wildman–Crippen LogP) is 2.81. The van der Waals surface area contributed by atoms with Crippen molar-refractivity contribution in [1.29, 1.82) is 0 Å². The van der Waals surface area contributed by atoms with Gasteiger partial charge in [-0.05, 0) is 18.1 Å². The lowest BCUT2D eigenvalue weighted by Crippen LogP contribution is -2.14. The van der Waals surface area contributed by atoms with Gasteiger partial charge in [0.25, 0.3) is 5.69 Å². The van der Waals surface area contributed by atoms with Gasteiger partial charge in [-0.25, -0.2) is 0 Å².